The van der Waals surface area contributed by atoms with Crippen molar-refractivity contribution in [1.82, 2.24) is 10.2 Å². The third-order valence-electron chi connectivity index (χ3n) is 6.10. The van der Waals surface area contributed by atoms with Crippen LogP contribution in [0.15, 0.2) is 42.5 Å². The van der Waals surface area contributed by atoms with Crippen LogP contribution in [0.4, 0.5) is 0 Å². The molecule has 0 unspecified atom stereocenters. The Morgan fingerprint density at radius 3 is 2.11 bits per heavy atom. The first-order valence-corrected chi connectivity index (χ1v) is 12.9. The van der Waals surface area contributed by atoms with Crippen molar-refractivity contribution in [1.29, 1.82) is 0 Å². The van der Waals surface area contributed by atoms with Crippen LogP contribution >= 0.6 is 0 Å². The van der Waals surface area contributed by atoms with Crippen LogP contribution in [0.25, 0.3) is 0 Å². The molecule has 2 aromatic rings. The van der Waals surface area contributed by atoms with Gasteiger partial charge in [0.15, 0.2) is 11.5 Å². The molecule has 192 valence electrons. The Morgan fingerprint density at radius 2 is 1.51 bits per heavy atom. The molecule has 0 fully saturated rings. The van der Waals surface area contributed by atoms with E-state index in [2.05, 4.69) is 5.32 Å². The molecular formula is C29H42N2O4. The third-order valence-corrected chi connectivity index (χ3v) is 6.10. The van der Waals surface area contributed by atoms with Crippen molar-refractivity contribution in [2.24, 2.45) is 0 Å². The van der Waals surface area contributed by atoms with Crippen molar-refractivity contribution in [3.05, 3.63) is 59.2 Å². The summed E-state index contributed by atoms with van der Waals surface area (Å²) >= 11 is 0. The minimum atomic E-state index is -0.517. The molecule has 0 aromatic heterocycles. The molecule has 0 aliphatic rings. The second-order valence-electron chi connectivity index (χ2n) is 8.90. The summed E-state index contributed by atoms with van der Waals surface area (Å²) in [6.07, 6.45) is 2.25. The van der Waals surface area contributed by atoms with Gasteiger partial charge in [-0.05, 0) is 70.2 Å². The van der Waals surface area contributed by atoms with Gasteiger partial charge in [-0.1, -0.05) is 49.7 Å². The van der Waals surface area contributed by atoms with E-state index in [9.17, 15) is 9.59 Å². The predicted octanol–water partition coefficient (Wildman–Crippen LogP) is 5.45. The molecule has 0 saturated carbocycles. The lowest BCUT2D eigenvalue weighted by atomic mass is 10.0. The number of carbonyl (C=O) groups is 2. The Hall–Kier alpha value is -3.02. The van der Waals surface area contributed by atoms with E-state index in [4.69, 9.17) is 9.47 Å². The van der Waals surface area contributed by atoms with Crippen molar-refractivity contribution in [3.63, 3.8) is 0 Å². The summed E-state index contributed by atoms with van der Waals surface area (Å²) in [6, 6.07) is 13.5. The van der Waals surface area contributed by atoms with Gasteiger partial charge in [0.2, 0.25) is 11.8 Å². The smallest absolute Gasteiger partial charge is 0.243 e. The Bertz CT molecular complexity index is 942. The molecule has 2 amide bonds. The maximum absolute atomic E-state index is 13.5. The van der Waals surface area contributed by atoms with Crippen molar-refractivity contribution < 1.29 is 19.1 Å². The molecule has 0 aliphatic carbocycles. The number of hydrogen-bond acceptors (Lipinski definition) is 4. The average Bonchev–Trinajstić information content (AvgIpc) is 2.85. The Morgan fingerprint density at radius 1 is 0.886 bits per heavy atom. The molecule has 6 nitrogen and oxygen atoms in total. The zero-order valence-corrected chi connectivity index (χ0v) is 22.2. The molecule has 6 heteroatoms. The molecule has 2 aromatic carbocycles. The second-order valence-corrected chi connectivity index (χ2v) is 8.90. The molecule has 0 saturated heterocycles. The van der Waals surface area contributed by atoms with Crippen molar-refractivity contribution >= 4 is 11.8 Å². The van der Waals surface area contributed by atoms with Crippen LogP contribution in [0.5, 0.6) is 11.5 Å². The Kier molecular flexibility index (Phi) is 11.6. The number of aryl methyl sites for hydroxylation is 2. The number of amides is 2. The van der Waals surface area contributed by atoms with Gasteiger partial charge in [0, 0.05) is 19.0 Å². The molecular weight excluding hydrogens is 440 g/mol. The highest BCUT2D eigenvalue weighted by Crippen LogP contribution is 2.29. The van der Waals surface area contributed by atoms with E-state index < -0.39 is 6.04 Å². The van der Waals surface area contributed by atoms with Gasteiger partial charge < -0.3 is 19.7 Å². The zero-order valence-electron chi connectivity index (χ0n) is 22.2. The summed E-state index contributed by atoms with van der Waals surface area (Å²) in [5, 5.41) is 3.06. The van der Waals surface area contributed by atoms with E-state index in [-0.39, 0.29) is 17.9 Å². The zero-order chi connectivity index (χ0) is 25.8. The first kappa shape index (κ1) is 28.2. The number of rotatable bonds is 14. The Labute approximate surface area is 211 Å². The molecule has 2 atom stereocenters. The van der Waals surface area contributed by atoms with Crippen molar-refractivity contribution in [2.75, 3.05) is 13.2 Å². The highest BCUT2D eigenvalue weighted by Gasteiger charge is 2.29. The van der Waals surface area contributed by atoms with Gasteiger partial charge in [-0.2, -0.15) is 0 Å². The van der Waals surface area contributed by atoms with Crippen LogP contribution in [0.3, 0.4) is 0 Å². The Balaban J connectivity index is 2.23. The van der Waals surface area contributed by atoms with Gasteiger partial charge in [0.25, 0.3) is 0 Å². The second kappa shape index (κ2) is 14.4. The molecule has 2 rings (SSSR count). The predicted molar refractivity (Wildman–Crippen MR) is 141 cm³/mol. The van der Waals surface area contributed by atoms with E-state index >= 15 is 0 Å². The van der Waals surface area contributed by atoms with Gasteiger partial charge in [-0.15, -0.1) is 0 Å². The number of nitrogens with one attached hydrogen (secondary N) is 1. The third kappa shape index (κ3) is 8.61. The monoisotopic (exact) mass is 482 g/mol. The largest absolute Gasteiger partial charge is 0.490 e. The molecule has 0 heterocycles. The number of carbonyl (C=O) groups excluding carboxylic acids is 2. The van der Waals surface area contributed by atoms with Crippen LogP contribution < -0.4 is 14.8 Å². The number of hydrogen-bond donors (Lipinski definition) is 1. The summed E-state index contributed by atoms with van der Waals surface area (Å²) in [7, 11) is 0. The topological polar surface area (TPSA) is 67.9 Å². The van der Waals surface area contributed by atoms with E-state index in [1.54, 1.807) is 4.90 Å². The summed E-state index contributed by atoms with van der Waals surface area (Å²) in [5.74, 6) is 1.26. The molecule has 0 spiro atoms. The summed E-state index contributed by atoms with van der Waals surface area (Å²) < 4.78 is 11.4. The van der Waals surface area contributed by atoms with Gasteiger partial charge >= 0.3 is 0 Å². The maximum atomic E-state index is 13.5. The lowest BCUT2D eigenvalue weighted by Gasteiger charge is -2.31. The summed E-state index contributed by atoms with van der Waals surface area (Å²) in [6.45, 7) is 13.4. The van der Waals surface area contributed by atoms with E-state index in [0.717, 1.165) is 23.1 Å². The SMILES string of the molecule is CCOc1ccc(CCC(=O)N(Cc2ccc(C)cc2)[C@H](CC)C(=O)N[C@@H](C)CC)cc1OCC. The number of nitrogens with zero attached hydrogens (tertiary/aromatic N) is 1. The van der Waals surface area contributed by atoms with Gasteiger partial charge in [0.05, 0.1) is 13.2 Å². The fourth-order valence-electron chi connectivity index (χ4n) is 3.90. The van der Waals surface area contributed by atoms with Gasteiger partial charge in [0.1, 0.15) is 6.04 Å². The standard InChI is InChI=1S/C29H42N2O4/c1-7-22(6)30-29(33)25(8-2)31(20-24-13-11-21(5)12-14-24)28(32)18-16-23-15-17-26(34-9-3)27(19-23)35-10-4/h11-15,17,19,22,25H,7-10,16,18,20H2,1-6H3,(H,30,33)/t22-,25+/m0/s1. The first-order chi connectivity index (χ1) is 16.8. The minimum Gasteiger partial charge on any atom is -0.490 e. The molecule has 0 radical (unpaired) electrons. The normalized spacial score (nSPS) is 12.5. The molecule has 35 heavy (non-hydrogen) atoms. The van der Waals surface area contributed by atoms with E-state index in [0.29, 0.717) is 50.5 Å². The quantitative estimate of drug-likeness (QED) is 0.389. The lowest BCUT2D eigenvalue weighted by Crippen LogP contribution is -2.50. The highest BCUT2D eigenvalue weighted by molar-refractivity contribution is 5.88. The molecule has 0 aliphatic heterocycles. The maximum Gasteiger partial charge on any atom is 0.243 e. The van der Waals surface area contributed by atoms with Gasteiger partial charge in [-0.25, -0.2) is 0 Å². The highest BCUT2D eigenvalue weighted by atomic mass is 16.5. The van der Waals surface area contributed by atoms with Crippen LogP contribution in [0, 0.1) is 6.92 Å². The summed E-state index contributed by atoms with van der Waals surface area (Å²) in [5.41, 5.74) is 3.17. The fraction of sp³-hybridized carbons (Fsp3) is 0.517. The van der Waals surface area contributed by atoms with E-state index in [1.165, 1.54) is 0 Å². The van der Waals surface area contributed by atoms with Crippen LogP contribution in [-0.4, -0.2) is 42.0 Å². The molecule has 1 N–H and O–H groups in total. The van der Waals surface area contributed by atoms with Crippen molar-refractivity contribution in [3.8, 4) is 11.5 Å². The molecule has 0 bridgehead atoms. The van der Waals surface area contributed by atoms with Crippen LogP contribution in [0.2, 0.25) is 0 Å². The number of ether oxygens (including phenoxy) is 2. The average molecular weight is 483 g/mol. The van der Waals surface area contributed by atoms with Crippen molar-refractivity contribution in [2.45, 2.75) is 85.9 Å². The van der Waals surface area contributed by atoms with Crippen LogP contribution in [0.1, 0.15) is 70.6 Å². The van der Waals surface area contributed by atoms with E-state index in [1.807, 2.05) is 84.0 Å². The summed E-state index contributed by atoms with van der Waals surface area (Å²) in [4.78, 5) is 28.3. The number of benzene rings is 2. The minimum absolute atomic E-state index is 0.0384. The van der Waals surface area contributed by atoms with Crippen LogP contribution in [-0.2, 0) is 22.6 Å². The lowest BCUT2D eigenvalue weighted by molar-refractivity contribution is -0.141. The first-order valence-electron chi connectivity index (χ1n) is 12.9. The fourth-order valence-corrected chi connectivity index (χ4v) is 3.90. The van der Waals surface area contributed by atoms with Gasteiger partial charge in [-0.3, -0.25) is 9.59 Å².